The van der Waals surface area contributed by atoms with E-state index in [1.807, 2.05) is 36.7 Å². The molecule has 0 fully saturated rings. The van der Waals surface area contributed by atoms with Gasteiger partial charge in [-0.25, -0.2) is 0 Å². The number of ether oxygens (including phenoxy) is 1. The summed E-state index contributed by atoms with van der Waals surface area (Å²) in [6, 6.07) is 12.3. The maximum Gasteiger partial charge on any atom is 0.246 e. The van der Waals surface area contributed by atoms with Crippen molar-refractivity contribution in [1.29, 1.82) is 0 Å². The molecule has 2 aromatic rings. The first-order valence-electron chi connectivity index (χ1n) is 7.37. The van der Waals surface area contributed by atoms with Crippen molar-refractivity contribution in [3.05, 3.63) is 63.9 Å². The second-order valence-corrected chi connectivity index (χ2v) is 6.45. The number of nitrogens with zero attached hydrogens (tertiary/aromatic N) is 1. The van der Waals surface area contributed by atoms with E-state index in [-0.39, 0.29) is 12.0 Å². The summed E-state index contributed by atoms with van der Waals surface area (Å²) < 4.78 is 5.86. The lowest BCUT2D eigenvalue weighted by Crippen LogP contribution is -2.37. The van der Waals surface area contributed by atoms with Crippen molar-refractivity contribution in [3.63, 3.8) is 0 Å². The van der Waals surface area contributed by atoms with Gasteiger partial charge in [0.25, 0.3) is 0 Å². The topological polar surface area (TPSA) is 29.5 Å². The average molecular weight is 313 g/mol. The number of benzene rings is 1. The Bertz CT molecular complexity index is 663. The minimum atomic E-state index is 0.0101. The summed E-state index contributed by atoms with van der Waals surface area (Å²) in [7, 11) is 1.82. The molecule has 1 aliphatic rings. The molecule has 0 N–H and O–H groups in total. The van der Waals surface area contributed by atoms with Crippen LogP contribution < -0.4 is 0 Å². The Hall–Kier alpha value is -1.91. The molecule has 1 amide bonds. The SMILES string of the molecule is CN(CC1Cc2ccccc2CO1)C(=O)/C=C/c1cccs1. The van der Waals surface area contributed by atoms with Gasteiger partial charge in [-0.05, 0) is 28.6 Å². The Kier molecular flexibility index (Phi) is 4.71. The molecule has 1 aliphatic heterocycles. The molecule has 0 bridgehead atoms. The van der Waals surface area contributed by atoms with Gasteiger partial charge in [-0.1, -0.05) is 30.3 Å². The zero-order valence-electron chi connectivity index (χ0n) is 12.6. The van der Waals surface area contributed by atoms with Crippen molar-refractivity contribution in [3.8, 4) is 0 Å². The van der Waals surface area contributed by atoms with Crippen LogP contribution in [0.3, 0.4) is 0 Å². The van der Waals surface area contributed by atoms with E-state index in [1.54, 1.807) is 22.3 Å². The maximum absolute atomic E-state index is 12.1. The first-order valence-corrected chi connectivity index (χ1v) is 8.25. The Balaban J connectivity index is 1.56. The van der Waals surface area contributed by atoms with E-state index < -0.39 is 0 Å². The van der Waals surface area contributed by atoms with Crippen LogP contribution in [0.15, 0.2) is 47.9 Å². The summed E-state index contributed by atoms with van der Waals surface area (Å²) in [5, 5.41) is 2.00. The molecule has 0 aliphatic carbocycles. The van der Waals surface area contributed by atoms with Crippen LogP contribution in [0.25, 0.3) is 6.08 Å². The highest BCUT2D eigenvalue weighted by Crippen LogP contribution is 2.20. The third kappa shape index (κ3) is 3.64. The number of amides is 1. The zero-order chi connectivity index (χ0) is 15.4. The molecule has 3 rings (SSSR count). The van der Waals surface area contributed by atoms with E-state index in [2.05, 4.69) is 18.2 Å². The van der Waals surface area contributed by atoms with Crippen LogP contribution in [0.5, 0.6) is 0 Å². The van der Waals surface area contributed by atoms with Gasteiger partial charge in [0, 0.05) is 31.0 Å². The van der Waals surface area contributed by atoms with Crippen LogP contribution in [-0.2, 0) is 22.6 Å². The van der Waals surface area contributed by atoms with Crippen molar-refractivity contribution >= 4 is 23.3 Å². The third-order valence-corrected chi connectivity index (χ3v) is 4.67. The lowest BCUT2D eigenvalue weighted by molar-refractivity contribution is -0.126. The predicted octanol–water partition coefficient (Wildman–Crippen LogP) is 3.36. The molecule has 0 saturated heterocycles. The molecule has 0 spiro atoms. The van der Waals surface area contributed by atoms with Crippen LogP contribution in [0.2, 0.25) is 0 Å². The van der Waals surface area contributed by atoms with Gasteiger partial charge < -0.3 is 9.64 Å². The number of carbonyl (C=O) groups is 1. The van der Waals surface area contributed by atoms with Gasteiger partial charge in [-0.3, -0.25) is 4.79 Å². The quantitative estimate of drug-likeness (QED) is 0.810. The molecular weight excluding hydrogens is 294 g/mol. The van der Waals surface area contributed by atoms with Gasteiger partial charge >= 0.3 is 0 Å². The van der Waals surface area contributed by atoms with Crippen molar-refractivity contribution in [2.45, 2.75) is 19.1 Å². The van der Waals surface area contributed by atoms with E-state index in [4.69, 9.17) is 4.74 Å². The highest BCUT2D eigenvalue weighted by molar-refractivity contribution is 7.10. The highest BCUT2D eigenvalue weighted by atomic mass is 32.1. The van der Waals surface area contributed by atoms with Gasteiger partial charge in [0.1, 0.15) is 0 Å². The van der Waals surface area contributed by atoms with Crippen LogP contribution in [0.1, 0.15) is 16.0 Å². The number of rotatable bonds is 4. The second kappa shape index (κ2) is 6.90. The summed E-state index contributed by atoms with van der Waals surface area (Å²) >= 11 is 1.62. The van der Waals surface area contributed by atoms with Gasteiger partial charge in [0.2, 0.25) is 5.91 Å². The summed E-state index contributed by atoms with van der Waals surface area (Å²) in [6.45, 7) is 1.25. The first-order chi connectivity index (χ1) is 10.7. The van der Waals surface area contributed by atoms with Crippen LogP contribution in [-0.4, -0.2) is 30.5 Å². The molecule has 114 valence electrons. The average Bonchev–Trinajstić information content (AvgIpc) is 3.06. The molecule has 0 saturated carbocycles. The number of thiophene rings is 1. The summed E-state index contributed by atoms with van der Waals surface area (Å²) in [6.07, 6.45) is 4.42. The Morgan fingerprint density at radius 3 is 2.91 bits per heavy atom. The third-order valence-electron chi connectivity index (χ3n) is 3.83. The molecule has 2 heterocycles. The lowest BCUT2D eigenvalue weighted by atomic mass is 9.99. The number of likely N-dealkylation sites (N-methyl/N-ethyl adjacent to an activating group) is 1. The van der Waals surface area contributed by atoms with E-state index in [9.17, 15) is 4.79 Å². The minimum Gasteiger partial charge on any atom is -0.371 e. The summed E-state index contributed by atoms with van der Waals surface area (Å²) in [5.74, 6) is 0.0101. The first kappa shape index (κ1) is 15.0. The minimum absolute atomic E-state index is 0.0101. The van der Waals surface area contributed by atoms with Gasteiger partial charge in [-0.2, -0.15) is 0 Å². The standard InChI is InChI=1S/C18H19NO2S/c1-19(18(20)9-8-17-7-4-10-22-17)12-16-11-14-5-2-3-6-15(14)13-21-16/h2-10,16H,11-13H2,1H3/b9-8+. The lowest BCUT2D eigenvalue weighted by Gasteiger charge is -2.28. The zero-order valence-corrected chi connectivity index (χ0v) is 13.4. The fourth-order valence-electron chi connectivity index (χ4n) is 2.59. The highest BCUT2D eigenvalue weighted by Gasteiger charge is 2.21. The maximum atomic E-state index is 12.1. The monoisotopic (exact) mass is 313 g/mol. The predicted molar refractivity (Wildman–Crippen MR) is 89.7 cm³/mol. The van der Waals surface area contributed by atoms with Crippen molar-refractivity contribution in [1.82, 2.24) is 4.90 Å². The molecule has 3 nitrogen and oxygen atoms in total. The number of fused-ring (bicyclic) bond motifs is 1. The fraction of sp³-hybridized carbons (Fsp3) is 0.278. The fourth-order valence-corrected chi connectivity index (χ4v) is 3.21. The van der Waals surface area contributed by atoms with E-state index in [1.165, 1.54) is 11.1 Å². The largest absolute Gasteiger partial charge is 0.371 e. The Morgan fingerprint density at radius 2 is 2.14 bits per heavy atom. The molecule has 4 heteroatoms. The van der Waals surface area contributed by atoms with Crippen LogP contribution in [0, 0.1) is 0 Å². The summed E-state index contributed by atoms with van der Waals surface area (Å²) in [5.41, 5.74) is 2.58. The van der Waals surface area contributed by atoms with E-state index in [0.29, 0.717) is 13.2 Å². The molecule has 22 heavy (non-hydrogen) atoms. The van der Waals surface area contributed by atoms with Crippen LogP contribution >= 0.6 is 11.3 Å². The smallest absolute Gasteiger partial charge is 0.246 e. The molecule has 1 unspecified atom stereocenters. The van der Waals surface area contributed by atoms with E-state index >= 15 is 0 Å². The normalized spacial score (nSPS) is 17.4. The van der Waals surface area contributed by atoms with E-state index in [0.717, 1.165) is 11.3 Å². The van der Waals surface area contributed by atoms with Crippen LogP contribution in [0.4, 0.5) is 0 Å². The Morgan fingerprint density at radius 1 is 1.32 bits per heavy atom. The van der Waals surface area contributed by atoms with Crippen molar-refractivity contribution < 1.29 is 9.53 Å². The molecule has 1 atom stereocenters. The molecule has 1 aromatic carbocycles. The van der Waals surface area contributed by atoms with Gasteiger partial charge in [0.05, 0.1) is 12.7 Å². The van der Waals surface area contributed by atoms with Gasteiger partial charge in [-0.15, -0.1) is 11.3 Å². The number of hydrogen-bond donors (Lipinski definition) is 0. The summed E-state index contributed by atoms with van der Waals surface area (Å²) in [4.78, 5) is 15.0. The molecule has 0 radical (unpaired) electrons. The molecular formula is C18H19NO2S. The van der Waals surface area contributed by atoms with Crippen molar-refractivity contribution in [2.75, 3.05) is 13.6 Å². The number of hydrogen-bond acceptors (Lipinski definition) is 3. The van der Waals surface area contributed by atoms with Gasteiger partial charge in [0.15, 0.2) is 0 Å². The Labute approximate surface area is 134 Å². The second-order valence-electron chi connectivity index (χ2n) is 5.47. The van der Waals surface area contributed by atoms with Crippen molar-refractivity contribution in [2.24, 2.45) is 0 Å². The number of carbonyl (C=O) groups excluding carboxylic acids is 1. The molecule has 1 aromatic heterocycles.